The first-order chi connectivity index (χ1) is 5.45. The van der Waals surface area contributed by atoms with Crippen molar-refractivity contribution in [2.24, 2.45) is 5.92 Å². The number of morpholine rings is 1. The van der Waals surface area contributed by atoms with Gasteiger partial charge >= 0.3 is 0 Å². The summed E-state index contributed by atoms with van der Waals surface area (Å²) in [5, 5.41) is 3.32. The molecule has 11 heavy (non-hydrogen) atoms. The Labute approximate surface area is 67.1 Å². The van der Waals surface area contributed by atoms with E-state index in [1.54, 1.807) is 0 Å². The van der Waals surface area contributed by atoms with Gasteiger partial charge in [-0.1, -0.05) is 0 Å². The molecule has 3 heteroatoms. The first-order valence-corrected chi connectivity index (χ1v) is 4.35. The monoisotopic (exact) mass is 157 g/mol. The second-order valence-electron chi connectivity index (χ2n) is 3.34. The van der Waals surface area contributed by atoms with Crippen LogP contribution in [0.3, 0.4) is 0 Å². The van der Waals surface area contributed by atoms with Gasteiger partial charge in [0.15, 0.2) is 0 Å². The molecule has 3 nitrogen and oxygen atoms in total. The Morgan fingerprint density at radius 2 is 2.27 bits per heavy atom. The average molecular weight is 157 g/mol. The molecule has 2 aliphatic rings. The molecule has 2 aliphatic heterocycles. The fraction of sp³-hybridized carbons (Fsp3) is 1.00. The van der Waals surface area contributed by atoms with Crippen LogP contribution in [-0.4, -0.2) is 39.0 Å². The maximum Gasteiger partial charge on any atom is 0.0704 e. The molecule has 64 valence electrons. The predicted octanol–water partition coefficient (Wildman–Crippen LogP) is 0.0113. The largest absolute Gasteiger partial charge is 0.381 e. The van der Waals surface area contributed by atoms with E-state index in [0.29, 0.717) is 6.10 Å². The van der Waals surface area contributed by atoms with Crippen LogP contribution in [0.15, 0.2) is 0 Å². The van der Waals surface area contributed by atoms with Crippen molar-refractivity contribution >= 4 is 0 Å². The third-order valence-corrected chi connectivity index (χ3v) is 2.31. The van der Waals surface area contributed by atoms with Gasteiger partial charge in [-0.3, -0.25) is 0 Å². The topological polar surface area (TPSA) is 30.5 Å². The van der Waals surface area contributed by atoms with E-state index in [4.69, 9.17) is 9.47 Å². The van der Waals surface area contributed by atoms with Gasteiger partial charge in [0.25, 0.3) is 0 Å². The minimum absolute atomic E-state index is 0.442. The van der Waals surface area contributed by atoms with Crippen molar-refractivity contribution in [3.8, 4) is 0 Å². The minimum Gasteiger partial charge on any atom is -0.381 e. The summed E-state index contributed by atoms with van der Waals surface area (Å²) in [6.07, 6.45) is 1.62. The zero-order valence-electron chi connectivity index (χ0n) is 6.71. The molecule has 2 rings (SSSR count). The van der Waals surface area contributed by atoms with Crippen LogP contribution < -0.4 is 5.32 Å². The molecule has 0 aromatic heterocycles. The first kappa shape index (κ1) is 7.53. The number of hydrogen-bond donors (Lipinski definition) is 1. The lowest BCUT2D eigenvalue weighted by atomic mass is 9.99. The van der Waals surface area contributed by atoms with Crippen molar-refractivity contribution in [1.82, 2.24) is 5.32 Å². The highest BCUT2D eigenvalue weighted by molar-refractivity contribution is 4.74. The van der Waals surface area contributed by atoms with Crippen LogP contribution in [0.4, 0.5) is 0 Å². The normalized spacial score (nSPS) is 33.3. The van der Waals surface area contributed by atoms with Crippen LogP contribution >= 0.6 is 0 Å². The molecular weight excluding hydrogens is 142 g/mol. The highest BCUT2D eigenvalue weighted by Crippen LogP contribution is 2.18. The molecular formula is C8H15NO2. The van der Waals surface area contributed by atoms with E-state index >= 15 is 0 Å². The van der Waals surface area contributed by atoms with E-state index in [2.05, 4.69) is 5.32 Å². The van der Waals surface area contributed by atoms with E-state index in [1.165, 1.54) is 6.42 Å². The van der Waals surface area contributed by atoms with E-state index < -0.39 is 0 Å². The van der Waals surface area contributed by atoms with E-state index in [0.717, 1.165) is 38.8 Å². The van der Waals surface area contributed by atoms with Crippen LogP contribution in [0.2, 0.25) is 0 Å². The third-order valence-electron chi connectivity index (χ3n) is 2.31. The van der Waals surface area contributed by atoms with Crippen molar-refractivity contribution < 1.29 is 9.47 Å². The second-order valence-corrected chi connectivity index (χ2v) is 3.34. The molecule has 1 N–H and O–H groups in total. The zero-order valence-corrected chi connectivity index (χ0v) is 6.71. The lowest BCUT2D eigenvalue weighted by molar-refractivity contribution is -0.0701. The molecule has 0 bridgehead atoms. The Hall–Kier alpha value is -0.120. The molecule has 0 spiro atoms. The highest BCUT2D eigenvalue weighted by atomic mass is 16.5. The summed E-state index contributed by atoms with van der Waals surface area (Å²) in [5.74, 6) is 0.764. The quantitative estimate of drug-likeness (QED) is 0.612. The van der Waals surface area contributed by atoms with Crippen molar-refractivity contribution in [2.75, 3.05) is 32.9 Å². The zero-order chi connectivity index (χ0) is 7.52. The SMILES string of the molecule is C1COC(CC2COC2)CN1. The van der Waals surface area contributed by atoms with Crippen LogP contribution in [-0.2, 0) is 9.47 Å². The molecule has 0 aromatic carbocycles. The summed E-state index contributed by atoms with van der Waals surface area (Å²) in [6.45, 7) is 4.80. The fourth-order valence-electron chi connectivity index (χ4n) is 1.56. The summed E-state index contributed by atoms with van der Waals surface area (Å²) in [5.41, 5.74) is 0. The average Bonchev–Trinajstić information content (AvgIpc) is 1.99. The van der Waals surface area contributed by atoms with Crippen LogP contribution in [0, 0.1) is 5.92 Å². The molecule has 0 aromatic rings. The summed E-state index contributed by atoms with van der Waals surface area (Å²) in [6, 6.07) is 0. The summed E-state index contributed by atoms with van der Waals surface area (Å²) in [4.78, 5) is 0. The Balaban J connectivity index is 1.67. The standard InChI is InChI=1S/C8H15NO2/c1-2-11-8(4-9-1)3-7-5-10-6-7/h7-9H,1-6H2. The van der Waals surface area contributed by atoms with Gasteiger partial charge in [0.2, 0.25) is 0 Å². The molecule has 0 amide bonds. The number of rotatable bonds is 2. The highest BCUT2D eigenvalue weighted by Gasteiger charge is 2.24. The van der Waals surface area contributed by atoms with Gasteiger partial charge < -0.3 is 14.8 Å². The van der Waals surface area contributed by atoms with Crippen molar-refractivity contribution in [3.05, 3.63) is 0 Å². The van der Waals surface area contributed by atoms with Crippen LogP contribution in [0.25, 0.3) is 0 Å². The van der Waals surface area contributed by atoms with Gasteiger partial charge in [-0.2, -0.15) is 0 Å². The predicted molar refractivity (Wildman–Crippen MR) is 41.5 cm³/mol. The molecule has 0 radical (unpaired) electrons. The maximum atomic E-state index is 5.57. The molecule has 2 saturated heterocycles. The Morgan fingerprint density at radius 3 is 2.82 bits per heavy atom. The maximum absolute atomic E-state index is 5.57. The molecule has 0 saturated carbocycles. The Morgan fingerprint density at radius 1 is 1.36 bits per heavy atom. The van der Waals surface area contributed by atoms with Crippen molar-refractivity contribution in [3.63, 3.8) is 0 Å². The minimum atomic E-state index is 0.442. The summed E-state index contributed by atoms with van der Waals surface area (Å²) in [7, 11) is 0. The number of ether oxygens (including phenoxy) is 2. The molecule has 1 atom stereocenters. The van der Waals surface area contributed by atoms with Crippen LogP contribution in [0.1, 0.15) is 6.42 Å². The molecule has 0 aliphatic carbocycles. The van der Waals surface area contributed by atoms with E-state index in [1.807, 2.05) is 0 Å². The molecule has 2 heterocycles. The number of hydrogen-bond acceptors (Lipinski definition) is 3. The Bertz CT molecular complexity index is 119. The van der Waals surface area contributed by atoms with Gasteiger partial charge in [0.1, 0.15) is 0 Å². The summed E-state index contributed by atoms with van der Waals surface area (Å²) < 4.78 is 10.7. The summed E-state index contributed by atoms with van der Waals surface area (Å²) >= 11 is 0. The van der Waals surface area contributed by atoms with Gasteiger partial charge in [-0.15, -0.1) is 0 Å². The van der Waals surface area contributed by atoms with E-state index in [-0.39, 0.29) is 0 Å². The second kappa shape index (κ2) is 3.52. The smallest absolute Gasteiger partial charge is 0.0704 e. The van der Waals surface area contributed by atoms with Gasteiger partial charge in [-0.05, 0) is 6.42 Å². The van der Waals surface area contributed by atoms with Gasteiger partial charge in [-0.25, -0.2) is 0 Å². The lowest BCUT2D eigenvalue weighted by Crippen LogP contribution is -2.42. The van der Waals surface area contributed by atoms with E-state index in [9.17, 15) is 0 Å². The first-order valence-electron chi connectivity index (χ1n) is 4.35. The fourth-order valence-corrected chi connectivity index (χ4v) is 1.56. The molecule has 1 unspecified atom stereocenters. The van der Waals surface area contributed by atoms with Crippen LogP contribution in [0.5, 0.6) is 0 Å². The number of nitrogens with one attached hydrogen (secondary N) is 1. The Kier molecular flexibility index (Phi) is 2.41. The molecule has 2 fully saturated rings. The lowest BCUT2D eigenvalue weighted by Gasteiger charge is -2.31. The van der Waals surface area contributed by atoms with Gasteiger partial charge in [0, 0.05) is 19.0 Å². The van der Waals surface area contributed by atoms with Crippen molar-refractivity contribution in [2.45, 2.75) is 12.5 Å². The van der Waals surface area contributed by atoms with Gasteiger partial charge in [0.05, 0.1) is 25.9 Å². The van der Waals surface area contributed by atoms with Crippen molar-refractivity contribution in [1.29, 1.82) is 0 Å². The third kappa shape index (κ3) is 1.92.